The van der Waals surface area contributed by atoms with E-state index in [9.17, 15) is 39.0 Å². The Morgan fingerprint density at radius 2 is 1.39 bits per heavy atom. The Morgan fingerprint density at radius 3 is 2.12 bits per heavy atom. The number of amides is 4. The van der Waals surface area contributed by atoms with Crippen molar-refractivity contribution < 1.29 is 120 Å². The fourth-order valence-corrected chi connectivity index (χ4v) is 18.8. The van der Waals surface area contributed by atoms with Crippen LogP contribution >= 0.6 is 21.6 Å². The van der Waals surface area contributed by atoms with Crippen LogP contribution in [0.1, 0.15) is 148 Å². The average Bonchev–Trinajstić information content (AvgIpc) is 1.59. The number of Topliss-reactive ketones (excluding diaryl/α,β-unsaturated/α-hetero) is 1. The number of nitrogens with zero attached hydrogens (tertiary/aromatic N) is 5. The molecule has 0 saturated carbocycles. The number of nitrogens with one attached hydrogen (secondary N) is 1. The summed E-state index contributed by atoms with van der Waals surface area (Å²) in [5, 5.41) is 34.0. The molecule has 2 aromatic rings. The molecular formula is C81H122N6O25S2. The normalized spacial score (nSPS) is 30.6. The lowest BCUT2D eigenvalue weighted by Crippen LogP contribution is -2.58. The van der Waals surface area contributed by atoms with E-state index in [0.29, 0.717) is 147 Å². The summed E-state index contributed by atoms with van der Waals surface area (Å²) in [6.45, 7) is 18.9. The van der Waals surface area contributed by atoms with E-state index in [1.165, 1.54) is 17.1 Å². The number of aromatic nitrogens is 3. The number of aliphatic hydroxyl groups is 2. The maximum Gasteiger partial charge on any atom is 0.414 e. The molecule has 638 valence electrons. The number of ether oxygens (including phenoxy) is 17. The van der Waals surface area contributed by atoms with Crippen LogP contribution in [0.15, 0.2) is 54.8 Å². The lowest BCUT2D eigenvalue weighted by atomic mass is 9.81. The van der Waals surface area contributed by atoms with Crippen LogP contribution in [-0.4, -0.2) is 293 Å². The van der Waals surface area contributed by atoms with Gasteiger partial charge >= 0.3 is 12.1 Å². The van der Waals surface area contributed by atoms with E-state index in [-0.39, 0.29) is 162 Å². The number of hydrogen-bond donors (Lipinski definition) is 3. The number of aliphatic hydroxyl groups excluding tert-OH is 2. The molecule has 1 aromatic carbocycles. The standard InChI is InChI=1S/C81H122N6O25S2/c1-52-40-60-13-15-65-53(2)41-62(106-65)20-22-81-47-64(90)77(112-81)70-46-71(111-81)78-66(109-70)16-14-61(108-78)42-59(89)43-63-68(45-67(107-60)54(52)3)110-69(76(63)96-6)44-58(88)12-19-75(94)104-49-55-8-10-57(11-9-55)86(79(95)105-51-80(4,5)114-113-7)26-29-99-32-35-101-34-31-98-28-25-85-48-56(83-84-85)50-103-39-38-102-37-36-100-33-30-97-27-23-82-72(91)21-24-87-73(92)17-18-74(87)93/h8-11,17-18,48,52-53,58,60-71,76-78,88,90H,3,12-16,19-47,49-51H2,1-2,4-7H3,(H,82,91)/t52-,53?,58-,60+,61-,62+,63+,64-,65?,66+,67-,68+,69-,70-,71-,76-,77+,78+,81-/m1/s1. The third-order valence-corrected chi connectivity index (χ3v) is 25.3. The molecule has 11 rings (SSSR count). The number of carbonyl (C=O) groups is 6. The second kappa shape index (κ2) is 44.8. The minimum atomic E-state index is -0.987. The highest BCUT2D eigenvalue weighted by molar-refractivity contribution is 8.77. The Bertz CT molecular complexity index is 3400. The number of rotatable bonds is 42. The van der Waals surface area contributed by atoms with E-state index in [1.807, 2.05) is 20.1 Å². The molecule has 10 heterocycles. The number of esters is 1. The van der Waals surface area contributed by atoms with Crippen LogP contribution in [0.3, 0.4) is 0 Å². The summed E-state index contributed by atoms with van der Waals surface area (Å²) in [5.74, 6) is -2.40. The van der Waals surface area contributed by atoms with Gasteiger partial charge in [0.2, 0.25) is 5.91 Å². The molecule has 2 unspecified atom stereocenters. The lowest BCUT2D eigenvalue weighted by molar-refractivity contribution is -0.277. The van der Waals surface area contributed by atoms with Crippen LogP contribution < -0.4 is 10.2 Å². The molecule has 3 N–H and O–H groups in total. The van der Waals surface area contributed by atoms with Gasteiger partial charge < -0.3 is 96.1 Å². The first kappa shape index (κ1) is 89.7. The topological polar surface area (TPSA) is 349 Å². The van der Waals surface area contributed by atoms with Gasteiger partial charge in [0, 0.05) is 102 Å². The monoisotopic (exact) mass is 1640 g/mol. The van der Waals surface area contributed by atoms with E-state index in [1.54, 1.807) is 63.8 Å². The Kier molecular flexibility index (Phi) is 35.2. The van der Waals surface area contributed by atoms with Gasteiger partial charge in [-0.15, -0.1) is 5.10 Å². The Balaban J connectivity index is 0.568. The molecule has 1 aromatic heterocycles. The molecule has 1 spiro atoms. The summed E-state index contributed by atoms with van der Waals surface area (Å²) in [4.78, 5) is 79.4. The maximum atomic E-state index is 14.6. The van der Waals surface area contributed by atoms with Crippen molar-refractivity contribution >= 4 is 62.8 Å². The van der Waals surface area contributed by atoms with Crippen LogP contribution in [0.2, 0.25) is 0 Å². The fraction of sp³-hybridized carbons (Fsp3) is 0.778. The van der Waals surface area contributed by atoms with Crippen molar-refractivity contribution in [2.24, 2.45) is 17.8 Å². The van der Waals surface area contributed by atoms with Crippen molar-refractivity contribution in [2.75, 3.05) is 130 Å². The van der Waals surface area contributed by atoms with E-state index in [2.05, 4.69) is 36.1 Å². The largest absolute Gasteiger partial charge is 0.461 e. The molecule has 31 nitrogen and oxygen atoms in total. The molecule has 8 fully saturated rings. The lowest BCUT2D eigenvalue weighted by Gasteiger charge is -2.47. The number of imide groups is 1. The highest BCUT2D eigenvalue weighted by Crippen LogP contribution is 2.50. The first-order chi connectivity index (χ1) is 55.1. The van der Waals surface area contributed by atoms with E-state index < -0.39 is 72.4 Å². The van der Waals surface area contributed by atoms with Crippen molar-refractivity contribution in [3.63, 3.8) is 0 Å². The quantitative estimate of drug-likeness (QED) is 0.0195. The third-order valence-electron chi connectivity index (χ3n) is 22.7. The van der Waals surface area contributed by atoms with Crippen molar-refractivity contribution in [2.45, 2.75) is 259 Å². The van der Waals surface area contributed by atoms with Gasteiger partial charge in [-0.05, 0) is 107 Å². The second-order valence-corrected chi connectivity index (χ2v) is 35.1. The van der Waals surface area contributed by atoms with E-state index >= 15 is 0 Å². The van der Waals surface area contributed by atoms with E-state index in [0.717, 1.165) is 42.6 Å². The zero-order valence-corrected chi connectivity index (χ0v) is 68.8. The molecule has 8 saturated heterocycles. The minimum Gasteiger partial charge on any atom is -0.461 e. The highest BCUT2D eigenvalue weighted by atomic mass is 33.1. The average molecular weight is 1640 g/mol. The first-order valence-corrected chi connectivity index (χ1v) is 43.5. The van der Waals surface area contributed by atoms with Crippen LogP contribution in [0.4, 0.5) is 10.5 Å². The predicted octanol–water partition coefficient (Wildman–Crippen LogP) is 7.14. The Morgan fingerprint density at radius 1 is 0.711 bits per heavy atom. The van der Waals surface area contributed by atoms with Gasteiger partial charge in [0.05, 0.1) is 196 Å². The summed E-state index contributed by atoms with van der Waals surface area (Å²) in [6.07, 6.45) is 7.90. The number of hydrogen-bond acceptors (Lipinski definition) is 29. The number of ketones is 1. The molecule has 10 bridgehead atoms. The van der Waals surface area contributed by atoms with Crippen LogP contribution in [0.5, 0.6) is 0 Å². The smallest absolute Gasteiger partial charge is 0.414 e. The number of carbonyl (C=O) groups excluding carboxylic acids is 6. The van der Waals surface area contributed by atoms with Crippen molar-refractivity contribution in [3.05, 3.63) is 66.0 Å². The van der Waals surface area contributed by atoms with Gasteiger partial charge in [-0.25, -0.2) is 9.48 Å². The summed E-state index contributed by atoms with van der Waals surface area (Å²) >= 11 is 0. The third kappa shape index (κ3) is 26.7. The molecule has 0 radical (unpaired) electrons. The molecule has 0 aliphatic carbocycles. The zero-order chi connectivity index (χ0) is 80.6. The van der Waals surface area contributed by atoms with Gasteiger partial charge in [-0.2, -0.15) is 0 Å². The molecule has 114 heavy (non-hydrogen) atoms. The van der Waals surface area contributed by atoms with Crippen LogP contribution in [0.25, 0.3) is 0 Å². The van der Waals surface area contributed by atoms with Crippen LogP contribution in [-0.2, 0) is 124 Å². The molecular weight excluding hydrogens is 1520 g/mol. The van der Waals surface area contributed by atoms with Crippen molar-refractivity contribution in [1.29, 1.82) is 0 Å². The molecule has 4 amide bonds. The Labute approximate surface area is 677 Å². The first-order valence-electron chi connectivity index (χ1n) is 41.0. The zero-order valence-electron chi connectivity index (χ0n) is 67.1. The predicted molar refractivity (Wildman–Crippen MR) is 417 cm³/mol. The van der Waals surface area contributed by atoms with Gasteiger partial charge in [0.15, 0.2) is 5.79 Å². The Hall–Kier alpha value is -5.12. The SMILES string of the molecule is C=C1[C@H](C)C[C@@H]2CCC3O[C@@H](CC[C@]45C[C@@H](O)[C@H](O4)[C@H]4C[C@@H](O5)[C@H]5O[C@H](CC[C@@H]5O4)CC(=O)C[C@@H]4[C@@H](OC)[C@@H](C[C@H](O)CCC(=O)OCc5ccc(N(CCOCCOCCOCCn6cc(COCCOCCOCCOCCNC(=O)CCN7C(=O)C=CC7=O)nn6)C(=O)OCC(C)(C)SSC)cc5)O[C@H]4C[C@H]1O2)CC3C. The van der Waals surface area contributed by atoms with Gasteiger partial charge in [0.1, 0.15) is 36.9 Å². The number of anilines is 1. The van der Waals surface area contributed by atoms with Gasteiger partial charge in [0.25, 0.3) is 11.8 Å². The summed E-state index contributed by atoms with van der Waals surface area (Å²) < 4.78 is 107. The number of methoxy groups -OCH3 is 1. The fourth-order valence-electron chi connectivity index (χ4n) is 16.8. The van der Waals surface area contributed by atoms with Crippen molar-refractivity contribution in [1.82, 2.24) is 25.2 Å². The highest BCUT2D eigenvalue weighted by Gasteiger charge is 2.60. The second-order valence-electron chi connectivity index (χ2n) is 31.9. The summed E-state index contributed by atoms with van der Waals surface area (Å²) in [6, 6.07) is 7.11. The maximum absolute atomic E-state index is 14.6. The summed E-state index contributed by atoms with van der Waals surface area (Å²) in [7, 11) is 4.83. The van der Waals surface area contributed by atoms with Gasteiger partial charge in [-0.3, -0.25) is 33.8 Å². The van der Waals surface area contributed by atoms with E-state index in [4.69, 9.17) is 80.5 Å². The molecule has 19 atom stereocenters. The molecule has 9 aliphatic rings. The van der Waals surface area contributed by atoms with Gasteiger partial charge in [-0.1, -0.05) is 59.4 Å². The number of fused-ring (bicyclic) bond motifs is 9. The van der Waals surface area contributed by atoms with Crippen molar-refractivity contribution in [3.8, 4) is 0 Å². The molecule has 9 aliphatic heterocycles. The molecule has 33 heteroatoms. The van der Waals surface area contributed by atoms with Crippen LogP contribution in [0, 0.1) is 17.8 Å². The number of benzene rings is 1. The minimum absolute atomic E-state index is 0.0218. The summed E-state index contributed by atoms with van der Waals surface area (Å²) in [5.41, 5.74) is 2.92.